The molecule has 8 heteroatoms. The van der Waals surface area contributed by atoms with Gasteiger partial charge >= 0.3 is 0 Å². The molecule has 8 nitrogen and oxygen atoms in total. The van der Waals surface area contributed by atoms with E-state index in [-0.39, 0.29) is 12.2 Å². The number of piperazine rings is 1. The van der Waals surface area contributed by atoms with Gasteiger partial charge in [0, 0.05) is 80.2 Å². The molecule has 0 N–H and O–H groups in total. The zero-order chi connectivity index (χ0) is 22.1. The fourth-order valence-corrected chi connectivity index (χ4v) is 3.96. The standard InChI is InChI=1S/C24H25N7O/c1-29-5-7-31(8-6-29)24-11-17(3-4-25-24)23(32)12-21-9-18-10-22(20-15-28-30(2)16-20)27-14-19(18)13-26-21/h3-4,9-11,13-16H,5-8,12H2,1-2H3. The summed E-state index contributed by atoms with van der Waals surface area (Å²) in [6.45, 7) is 3.83. The van der Waals surface area contributed by atoms with Gasteiger partial charge in [-0.25, -0.2) is 4.98 Å². The van der Waals surface area contributed by atoms with E-state index in [0.717, 1.165) is 59.7 Å². The largest absolute Gasteiger partial charge is 0.354 e. The summed E-state index contributed by atoms with van der Waals surface area (Å²) in [4.78, 5) is 31.0. The molecule has 1 saturated heterocycles. The lowest BCUT2D eigenvalue weighted by molar-refractivity contribution is 0.0992. The highest BCUT2D eigenvalue weighted by atomic mass is 16.1. The van der Waals surface area contributed by atoms with E-state index in [9.17, 15) is 4.79 Å². The number of likely N-dealkylation sites (N-methyl/N-ethyl adjacent to an activating group) is 1. The van der Waals surface area contributed by atoms with Gasteiger partial charge in [0.05, 0.1) is 18.3 Å². The first-order valence-electron chi connectivity index (χ1n) is 10.7. The van der Waals surface area contributed by atoms with E-state index in [1.807, 2.05) is 37.6 Å². The number of ketones is 1. The fraction of sp³-hybridized carbons (Fsp3) is 0.292. The smallest absolute Gasteiger partial charge is 0.169 e. The highest BCUT2D eigenvalue weighted by Crippen LogP contribution is 2.22. The Bertz CT molecular complexity index is 1270. The first kappa shape index (κ1) is 20.3. The maximum Gasteiger partial charge on any atom is 0.169 e. The molecule has 0 atom stereocenters. The maximum absolute atomic E-state index is 13.0. The SMILES string of the molecule is CN1CCN(c2cc(C(=O)Cc3cc4cc(-c5cnn(C)c5)ncc4cn3)ccn2)CC1. The number of carbonyl (C=O) groups excluding carboxylic acids is 1. The first-order chi connectivity index (χ1) is 15.5. The molecule has 0 spiro atoms. The van der Waals surface area contributed by atoms with Gasteiger partial charge in [-0.3, -0.25) is 19.4 Å². The van der Waals surface area contributed by atoms with Crippen molar-refractivity contribution in [1.82, 2.24) is 29.6 Å². The Morgan fingerprint density at radius 2 is 1.75 bits per heavy atom. The summed E-state index contributed by atoms with van der Waals surface area (Å²) in [5.74, 6) is 0.902. The van der Waals surface area contributed by atoms with Gasteiger partial charge in [0.2, 0.25) is 0 Å². The van der Waals surface area contributed by atoms with Gasteiger partial charge in [-0.15, -0.1) is 0 Å². The van der Waals surface area contributed by atoms with Crippen LogP contribution in [0.25, 0.3) is 22.0 Å². The molecule has 0 aromatic carbocycles. The molecular weight excluding hydrogens is 402 g/mol. The van der Waals surface area contributed by atoms with E-state index >= 15 is 0 Å². The maximum atomic E-state index is 13.0. The monoisotopic (exact) mass is 427 g/mol. The topological polar surface area (TPSA) is 80.0 Å². The molecule has 0 unspecified atom stereocenters. The number of aryl methyl sites for hydroxylation is 1. The number of rotatable bonds is 5. The number of hydrogen-bond acceptors (Lipinski definition) is 7. The van der Waals surface area contributed by atoms with E-state index in [2.05, 4.69) is 36.9 Å². The first-order valence-corrected chi connectivity index (χ1v) is 10.7. The molecule has 0 bridgehead atoms. The summed E-state index contributed by atoms with van der Waals surface area (Å²) in [7, 11) is 4.00. The molecule has 1 fully saturated rings. The third kappa shape index (κ3) is 4.22. The van der Waals surface area contributed by atoms with Gasteiger partial charge in [0.25, 0.3) is 0 Å². The lowest BCUT2D eigenvalue weighted by Crippen LogP contribution is -2.44. The summed E-state index contributed by atoms with van der Waals surface area (Å²) >= 11 is 0. The van der Waals surface area contributed by atoms with Crippen LogP contribution in [0.1, 0.15) is 16.1 Å². The van der Waals surface area contributed by atoms with Crippen molar-refractivity contribution in [1.29, 1.82) is 0 Å². The number of aromatic nitrogens is 5. The molecule has 0 amide bonds. The summed E-state index contributed by atoms with van der Waals surface area (Å²) in [6.07, 6.45) is 9.28. The Hall–Kier alpha value is -3.65. The van der Waals surface area contributed by atoms with Gasteiger partial charge in [-0.1, -0.05) is 0 Å². The molecule has 1 aliphatic rings. The summed E-state index contributed by atoms with van der Waals surface area (Å²) in [5.41, 5.74) is 3.21. The minimum atomic E-state index is 0.0381. The van der Waals surface area contributed by atoms with E-state index in [4.69, 9.17) is 0 Å². The molecular formula is C24H25N7O. The zero-order valence-electron chi connectivity index (χ0n) is 18.3. The number of nitrogens with zero attached hydrogens (tertiary/aromatic N) is 7. The second-order valence-electron chi connectivity index (χ2n) is 8.29. The summed E-state index contributed by atoms with van der Waals surface area (Å²) in [6, 6.07) is 7.67. The minimum Gasteiger partial charge on any atom is -0.354 e. The Balaban J connectivity index is 1.36. The van der Waals surface area contributed by atoms with E-state index < -0.39 is 0 Å². The van der Waals surface area contributed by atoms with Crippen LogP contribution >= 0.6 is 0 Å². The van der Waals surface area contributed by atoms with Crippen molar-refractivity contribution < 1.29 is 4.79 Å². The number of carbonyl (C=O) groups is 1. The van der Waals surface area contributed by atoms with Crippen LogP contribution in [0, 0.1) is 0 Å². The van der Waals surface area contributed by atoms with Crippen LogP contribution in [-0.2, 0) is 13.5 Å². The van der Waals surface area contributed by atoms with E-state index in [0.29, 0.717) is 5.56 Å². The predicted molar refractivity (Wildman–Crippen MR) is 124 cm³/mol. The van der Waals surface area contributed by atoms with Crippen molar-refractivity contribution in [3.05, 3.63) is 66.5 Å². The quantitative estimate of drug-likeness (QED) is 0.453. The van der Waals surface area contributed by atoms with Gasteiger partial charge in [0.1, 0.15) is 5.82 Å². The second kappa shape index (κ2) is 8.47. The highest BCUT2D eigenvalue weighted by molar-refractivity contribution is 5.98. The zero-order valence-corrected chi connectivity index (χ0v) is 18.3. The number of pyridine rings is 3. The van der Waals surface area contributed by atoms with Crippen LogP contribution in [-0.4, -0.2) is 68.6 Å². The summed E-state index contributed by atoms with van der Waals surface area (Å²) in [5, 5.41) is 6.16. The Kier molecular flexibility index (Phi) is 5.36. The Labute approximate surface area is 186 Å². The van der Waals surface area contributed by atoms with E-state index in [1.165, 1.54) is 0 Å². The van der Waals surface area contributed by atoms with Crippen LogP contribution in [0.2, 0.25) is 0 Å². The normalized spacial score (nSPS) is 14.8. The minimum absolute atomic E-state index is 0.0381. The Morgan fingerprint density at radius 1 is 0.938 bits per heavy atom. The van der Waals surface area contributed by atoms with Crippen molar-refractivity contribution in [2.24, 2.45) is 7.05 Å². The van der Waals surface area contributed by atoms with Crippen molar-refractivity contribution in [2.45, 2.75) is 6.42 Å². The molecule has 5 heterocycles. The van der Waals surface area contributed by atoms with Gasteiger partial charge < -0.3 is 9.80 Å². The third-order valence-corrected chi connectivity index (χ3v) is 5.90. The molecule has 0 radical (unpaired) electrons. The van der Waals surface area contributed by atoms with Crippen LogP contribution in [0.4, 0.5) is 5.82 Å². The molecule has 4 aromatic heterocycles. The Morgan fingerprint density at radius 3 is 2.53 bits per heavy atom. The molecule has 5 rings (SSSR count). The van der Waals surface area contributed by atoms with Gasteiger partial charge in [0.15, 0.2) is 5.78 Å². The number of fused-ring (bicyclic) bond motifs is 1. The summed E-state index contributed by atoms with van der Waals surface area (Å²) < 4.78 is 1.75. The van der Waals surface area contributed by atoms with Crippen LogP contribution in [0.5, 0.6) is 0 Å². The van der Waals surface area contributed by atoms with E-state index in [1.54, 1.807) is 29.3 Å². The number of anilines is 1. The van der Waals surface area contributed by atoms with Crippen molar-refractivity contribution in [3.63, 3.8) is 0 Å². The van der Waals surface area contributed by atoms with Crippen LogP contribution < -0.4 is 4.90 Å². The van der Waals surface area contributed by atoms with Crippen LogP contribution in [0.15, 0.2) is 55.2 Å². The van der Waals surface area contributed by atoms with Gasteiger partial charge in [-0.2, -0.15) is 5.10 Å². The molecule has 4 aromatic rings. The van der Waals surface area contributed by atoms with Crippen molar-refractivity contribution in [3.8, 4) is 11.3 Å². The number of hydrogen-bond donors (Lipinski definition) is 0. The van der Waals surface area contributed by atoms with Crippen molar-refractivity contribution in [2.75, 3.05) is 38.1 Å². The third-order valence-electron chi connectivity index (χ3n) is 5.90. The molecule has 0 saturated carbocycles. The second-order valence-corrected chi connectivity index (χ2v) is 8.29. The van der Waals surface area contributed by atoms with Gasteiger partial charge in [-0.05, 0) is 36.7 Å². The average Bonchev–Trinajstić information content (AvgIpc) is 3.25. The predicted octanol–water partition coefficient (Wildman–Crippen LogP) is 2.60. The molecule has 0 aliphatic carbocycles. The number of Topliss-reactive ketones (excluding diaryl/α,β-unsaturated/α-hetero) is 1. The molecule has 162 valence electrons. The van der Waals surface area contributed by atoms with Crippen LogP contribution in [0.3, 0.4) is 0 Å². The molecule has 1 aliphatic heterocycles. The fourth-order valence-electron chi connectivity index (χ4n) is 3.96. The highest BCUT2D eigenvalue weighted by Gasteiger charge is 2.17. The lowest BCUT2D eigenvalue weighted by atomic mass is 10.0. The molecule has 32 heavy (non-hydrogen) atoms. The van der Waals surface area contributed by atoms with Crippen molar-refractivity contribution >= 4 is 22.4 Å². The average molecular weight is 428 g/mol. The lowest BCUT2D eigenvalue weighted by Gasteiger charge is -2.33.